The Labute approximate surface area is 128 Å². The lowest BCUT2D eigenvalue weighted by atomic mass is 10.1. The molecule has 0 radical (unpaired) electrons. The summed E-state index contributed by atoms with van der Waals surface area (Å²) in [6.07, 6.45) is 3.45. The molecule has 5 nitrogen and oxygen atoms in total. The number of aryl methyl sites for hydroxylation is 1. The summed E-state index contributed by atoms with van der Waals surface area (Å²) in [5.41, 5.74) is 1.51. The molecule has 1 aromatic carbocycles. The number of amides is 1. The number of carbonyl (C=O) groups is 1. The summed E-state index contributed by atoms with van der Waals surface area (Å²) in [4.78, 5) is 21.4. The van der Waals surface area contributed by atoms with Crippen LogP contribution in [-0.4, -0.2) is 27.8 Å². The van der Waals surface area contributed by atoms with Crippen molar-refractivity contribution in [2.45, 2.75) is 13.5 Å². The number of nitrogens with zero attached hydrogens (tertiary/aromatic N) is 2. The van der Waals surface area contributed by atoms with Crippen LogP contribution >= 0.6 is 0 Å². The molecule has 0 saturated carbocycles. The number of aromatic amines is 1. The summed E-state index contributed by atoms with van der Waals surface area (Å²) in [5.74, 6) is 2.31. The molecule has 22 heavy (non-hydrogen) atoms. The molecule has 0 aliphatic carbocycles. The SMILES string of the molecule is Cc1ccc(CN(C)C(=O)c2cccc(-c3ncc[nH]3)c2)o1. The molecule has 1 amide bonds. The van der Waals surface area contributed by atoms with Crippen LogP contribution in [0, 0.1) is 6.92 Å². The quantitative estimate of drug-likeness (QED) is 0.803. The Morgan fingerprint density at radius 1 is 1.32 bits per heavy atom. The van der Waals surface area contributed by atoms with E-state index in [0.29, 0.717) is 12.1 Å². The first-order chi connectivity index (χ1) is 10.6. The summed E-state index contributed by atoms with van der Waals surface area (Å²) >= 11 is 0. The van der Waals surface area contributed by atoms with E-state index < -0.39 is 0 Å². The number of hydrogen-bond donors (Lipinski definition) is 1. The number of H-pyrrole nitrogens is 1. The molecule has 0 unspecified atom stereocenters. The smallest absolute Gasteiger partial charge is 0.254 e. The molecule has 0 aliphatic heterocycles. The van der Waals surface area contributed by atoms with Gasteiger partial charge in [0, 0.05) is 30.6 Å². The molecule has 5 heteroatoms. The van der Waals surface area contributed by atoms with Gasteiger partial charge in [-0.2, -0.15) is 0 Å². The van der Waals surface area contributed by atoms with Gasteiger partial charge in [-0.15, -0.1) is 0 Å². The van der Waals surface area contributed by atoms with Crippen molar-refractivity contribution in [3.05, 3.63) is 65.9 Å². The minimum Gasteiger partial charge on any atom is -0.464 e. The summed E-state index contributed by atoms with van der Waals surface area (Å²) < 4.78 is 5.51. The summed E-state index contributed by atoms with van der Waals surface area (Å²) in [6.45, 7) is 2.33. The molecule has 3 rings (SSSR count). The van der Waals surface area contributed by atoms with E-state index in [2.05, 4.69) is 9.97 Å². The van der Waals surface area contributed by atoms with Gasteiger partial charge < -0.3 is 14.3 Å². The van der Waals surface area contributed by atoms with E-state index >= 15 is 0 Å². The fourth-order valence-corrected chi connectivity index (χ4v) is 2.32. The Morgan fingerprint density at radius 3 is 2.86 bits per heavy atom. The zero-order valence-corrected chi connectivity index (χ0v) is 12.5. The van der Waals surface area contributed by atoms with E-state index in [-0.39, 0.29) is 5.91 Å². The minimum atomic E-state index is -0.0533. The van der Waals surface area contributed by atoms with Crippen LogP contribution in [0.4, 0.5) is 0 Å². The third kappa shape index (κ3) is 2.93. The maximum atomic E-state index is 12.5. The van der Waals surface area contributed by atoms with Crippen molar-refractivity contribution in [2.24, 2.45) is 0 Å². The molecule has 112 valence electrons. The Morgan fingerprint density at radius 2 is 2.18 bits per heavy atom. The molecule has 1 N–H and O–H groups in total. The Bertz CT molecular complexity index is 775. The van der Waals surface area contributed by atoms with Crippen molar-refractivity contribution in [1.29, 1.82) is 0 Å². The van der Waals surface area contributed by atoms with Gasteiger partial charge in [-0.05, 0) is 31.2 Å². The Balaban J connectivity index is 1.78. The second kappa shape index (κ2) is 5.89. The molecule has 2 aromatic heterocycles. The molecule has 3 aromatic rings. The van der Waals surface area contributed by atoms with Crippen molar-refractivity contribution in [3.63, 3.8) is 0 Å². The van der Waals surface area contributed by atoms with Crippen LogP contribution in [0.5, 0.6) is 0 Å². The van der Waals surface area contributed by atoms with Gasteiger partial charge in [-0.25, -0.2) is 4.98 Å². The lowest BCUT2D eigenvalue weighted by Crippen LogP contribution is -2.26. The number of nitrogens with one attached hydrogen (secondary N) is 1. The van der Waals surface area contributed by atoms with Crippen LogP contribution in [0.25, 0.3) is 11.4 Å². The van der Waals surface area contributed by atoms with Gasteiger partial charge in [0.15, 0.2) is 0 Å². The lowest BCUT2D eigenvalue weighted by molar-refractivity contribution is 0.0775. The summed E-state index contributed by atoms with van der Waals surface area (Å²) in [7, 11) is 1.76. The fourth-order valence-electron chi connectivity index (χ4n) is 2.32. The monoisotopic (exact) mass is 295 g/mol. The third-order valence-electron chi connectivity index (χ3n) is 3.42. The highest BCUT2D eigenvalue weighted by atomic mass is 16.3. The molecule has 0 bridgehead atoms. The highest BCUT2D eigenvalue weighted by molar-refractivity contribution is 5.95. The average Bonchev–Trinajstić information content (AvgIpc) is 3.18. The average molecular weight is 295 g/mol. The van der Waals surface area contributed by atoms with Crippen molar-refractivity contribution in [2.75, 3.05) is 7.05 Å². The molecule has 0 spiro atoms. The van der Waals surface area contributed by atoms with Gasteiger partial charge in [-0.1, -0.05) is 12.1 Å². The normalized spacial score (nSPS) is 10.6. The molecule has 2 heterocycles. The van der Waals surface area contributed by atoms with Crippen LogP contribution in [0.1, 0.15) is 21.9 Å². The van der Waals surface area contributed by atoms with Crippen molar-refractivity contribution in [1.82, 2.24) is 14.9 Å². The predicted octanol–water partition coefficient (Wildman–Crippen LogP) is 3.25. The first-order valence-corrected chi connectivity index (χ1v) is 7.04. The minimum absolute atomic E-state index is 0.0533. The highest BCUT2D eigenvalue weighted by Gasteiger charge is 2.14. The van der Waals surface area contributed by atoms with Gasteiger partial charge >= 0.3 is 0 Å². The second-order valence-electron chi connectivity index (χ2n) is 5.19. The van der Waals surface area contributed by atoms with Crippen molar-refractivity contribution < 1.29 is 9.21 Å². The van der Waals surface area contributed by atoms with Crippen molar-refractivity contribution >= 4 is 5.91 Å². The topological polar surface area (TPSA) is 62.1 Å². The number of benzene rings is 1. The van der Waals surface area contributed by atoms with Gasteiger partial charge in [0.2, 0.25) is 0 Å². The molecular weight excluding hydrogens is 278 g/mol. The van der Waals surface area contributed by atoms with Crippen LogP contribution in [0.3, 0.4) is 0 Å². The van der Waals surface area contributed by atoms with Gasteiger partial charge in [-0.3, -0.25) is 4.79 Å². The number of imidazole rings is 1. The van der Waals surface area contributed by atoms with Crippen molar-refractivity contribution in [3.8, 4) is 11.4 Å². The number of rotatable bonds is 4. The number of aromatic nitrogens is 2. The first kappa shape index (κ1) is 14.1. The van der Waals surface area contributed by atoms with Gasteiger partial charge in [0.05, 0.1) is 6.54 Å². The standard InChI is InChI=1S/C17H17N3O2/c1-12-6-7-15(22-12)11-20(2)17(21)14-5-3-4-13(10-14)16-18-8-9-19-16/h3-10H,11H2,1-2H3,(H,18,19). The predicted molar refractivity (Wildman–Crippen MR) is 83.3 cm³/mol. The Kier molecular flexibility index (Phi) is 3.78. The first-order valence-electron chi connectivity index (χ1n) is 7.04. The number of furan rings is 1. The zero-order chi connectivity index (χ0) is 15.5. The fraction of sp³-hybridized carbons (Fsp3) is 0.176. The zero-order valence-electron chi connectivity index (χ0n) is 12.5. The summed E-state index contributed by atoms with van der Waals surface area (Å²) in [5, 5.41) is 0. The van der Waals surface area contributed by atoms with E-state index in [1.807, 2.05) is 37.3 Å². The largest absolute Gasteiger partial charge is 0.464 e. The maximum Gasteiger partial charge on any atom is 0.254 e. The lowest BCUT2D eigenvalue weighted by Gasteiger charge is -2.16. The van der Waals surface area contributed by atoms with E-state index in [9.17, 15) is 4.79 Å². The van der Waals surface area contributed by atoms with E-state index in [1.165, 1.54) is 0 Å². The second-order valence-corrected chi connectivity index (χ2v) is 5.19. The molecule has 0 fully saturated rings. The molecule has 0 saturated heterocycles. The molecule has 0 aliphatic rings. The van der Waals surface area contributed by atoms with E-state index in [4.69, 9.17) is 4.42 Å². The van der Waals surface area contributed by atoms with Gasteiger partial charge in [0.1, 0.15) is 17.3 Å². The van der Waals surface area contributed by atoms with Crippen LogP contribution in [0.15, 0.2) is 53.2 Å². The maximum absolute atomic E-state index is 12.5. The molecule has 0 atom stereocenters. The number of carbonyl (C=O) groups excluding carboxylic acids is 1. The Hall–Kier alpha value is -2.82. The van der Waals surface area contributed by atoms with Crippen LogP contribution in [0.2, 0.25) is 0 Å². The third-order valence-corrected chi connectivity index (χ3v) is 3.42. The van der Waals surface area contributed by atoms with Gasteiger partial charge in [0.25, 0.3) is 5.91 Å². The van der Waals surface area contributed by atoms with Crippen LogP contribution < -0.4 is 0 Å². The summed E-state index contributed by atoms with van der Waals surface area (Å²) in [6, 6.07) is 11.2. The highest BCUT2D eigenvalue weighted by Crippen LogP contribution is 2.18. The van der Waals surface area contributed by atoms with E-state index in [1.54, 1.807) is 30.4 Å². The van der Waals surface area contributed by atoms with Crippen LogP contribution in [-0.2, 0) is 6.54 Å². The van der Waals surface area contributed by atoms with E-state index in [0.717, 1.165) is 22.9 Å². The molecular formula is C17H17N3O2. The number of hydrogen-bond acceptors (Lipinski definition) is 3.